The smallest absolute Gasteiger partial charge is 0.347 e. The number of halogens is 1. The number of fused-ring (bicyclic) bond motifs is 2. The Morgan fingerprint density at radius 1 is 0.966 bits per heavy atom. The van der Waals surface area contributed by atoms with Crippen molar-refractivity contribution >= 4 is 17.6 Å². The highest BCUT2D eigenvalue weighted by molar-refractivity contribution is 6.30. The second kappa shape index (κ2) is 8.86. The highest BCUT2D eigenvalue weighted by Gasteiger charge is 2.42. The summed E-state index contributed by atoms with van der Waals surface area (Å²) in [6.07, 6.45) is 7.56. The highest BCUT2D eigenvalue weighted by atomic mass is 35.5. The van der Waals surface area contributed by atoms with Crippen molar-refractivity contribution in [1.29, 1.82) is 0 Å². The van der Waals surface area contributed by atoms with Crippen LogP contribution in [0.1, 0.15) is 49.7 Å². The molecule has 4 nitrogen and oxygen atoms in total. The Bertz CT molecular complexity index is 804. The summed E-state index contributed by atoms with van der Waals surface area (Å²) < 4.78 is 5.65. The Balaban J connectivity index is 1.49. The fourth-order valence-corrected chi connectivity index (χ4v) is 5.04. The van der Waals surface area contributed by atoms with Gasteiger partial charge >= 0.3 is 5.97 Å². The lowest BCUT2D eigenvalue weighted by molar-refractivity contribution is -0.163. The molecule has 2 bridgehead atoms. The van der Waals surface area contributed by atoms with E-state index >= 15 is 0 Å². The van der Waals surface area contributed by atoms with E-state index in [9.17, 15) is 9.90 Å². The van der Waals surface area contributed by atoms with Crippen molar-refractivity contribution < 1.29 is 14.6 Å². The number of carbonyl (C=O) groups excluding carboxylic acids is 1. The first-order valence-corrected chi connectivity index (χ1v) is 10.9. The molecule has 2 aliphatic heterocycles. The van der Waals surface area contributed by atoms with Gasteiger partial charge in [-0.1, -0.05) is 66.9 Å². The van der Waals surface area contributed by atoms with Gasteiger partial charge in [-0.15, -0.1) is 0 Å². The lowest BCUT2D eigenvalue weighted by Gasteiger charge is -2.46. The van der Waals surface area contributed by atoms with E-state index in [1.807, 2.05) is 6.07 Å². The minimum atomic E-state index is -1.86. The summed E-state index contributed by atoms with van der Waals surface area (Å²) in [7, 11) is 0. The standard InChI is InChI=1S/C24H28ClNO3/c25-20-14-12-19(13-15-20)24(28,18-6-2-1-3-7-18)23(27)29-17-16-26-21-8-4-9-22(26)11-5-10-21/h1-3,6-7,12-15,21-22,28H,4-5,8-11,16-17H2. The van der Waals surface area contributed by atoms with Crippen LogP contribution in [0.15, 0.2) is 54.6 Å². The topological polar surface area (TPSA) is 49.8 Å². The van der Waals surface area contributed by atoms with Crippen LogP contribution in [-0.2, 0) is 15.1 Å². The third-order valence-corrected chi connectivity index (χ3v) is 6.67. The maximum Gasteiger partial charge on any atom is 0.347 e. The molecule has 0 spiro atoms. The predicted molar refractivity (Wildman–Crippen MR) is 114 cm³/mol. The van der Waals surface area contributed by atoms with Crippen LogP contribution in [-0.4, -0.2) is 41.2 Å². The van der Waals surface area contributed by atoms with Crippen LogP contribution in [0.4, 0.5) is 0 Å². The van der Waals surface area contributed by atoms with Crippen molar-refractivity contribution in [2.45, 2.75) is 56.2 Å². The largest absolute Gasteiger partial charge is 0.462 e. The number of benzene rings is 2. The second-order valence-electron chi connectivity index (χ2n) is 8.13. The maximum atomic E-state index is 13.1. The zero-order valence-corrected chi connectivity index (χ0v) is 17.4. The number of esters is 1. The van der Waals surface area contributed by atoms with Gasteiger partial charge in [-0.2, -0.15) is 0 Å². The lowest BCUT2D eigenvalue weighted by atomic mass is 9.84. The summed E-state index contributed by atoms with van der Waals surface area (Å²) in [6.45, 7) is 1.02. The van der Waals surface area contributed by atoms with Crippen LogP contribution >= 0.6 is 11.6 Å². The van der Waals surface area contributed by atoms with Crippen molar-refractivity contribution in [3.63, 3.8) is 0 Å². The van der Waals surface area contributed by atoms with E-state index in [2.05, 4.69) is 4.90 Å². The first-order chi connectivity index (χ1) is 14.1. The monoisotopic (exact) mass is 413 g/mol. The summed E-state index contributed by atoms with van der Waals surface area (Å²) in [5.41, 5.74) is -0.918. The molecule has 2 aromatic carbocycles. The molecule has 0 radical (unpaired) electrons. The van der Waals surface area contributed by atoms with Crippen LogP contribution in [0.3, 0.4) is 0 Å². The minimum Gasteiger partial charge on any atom is -0.462 e. The summed E-state index contributed by atoms with van der Waals surface area (Å²) >= 11 is 6.00. The number of hydrogen-bond donors (Lipinski definition) is 1. The van der Waals surface area contributed by atoms with E-state index in [1.54, 1.807) is 48.5 Å². The molecule has 0 aliphatic carbocycles. The van der Waals surface area contributed by atoms with Crippen LogP contribution in [0.5, 0.6) is 0 Å². The number of nitrogens with zero attached hydrogens (tertiary/aromatic N) is 1. The summed E-state index contributed by atoms with van der Waals surface area (Å²) in [4.78, 5) is 15.6. The third-order valence-electron chi connectivity index (χ3n) is 6.42. The minimum absolute atomic E-state index is 0.286. The molecule has 2 heterocycles. The maximum absolute atomic E-state index is 13.1. The van der Waals surface area contributed by atoms with Crippen molar-refractivity contribution in [2.75, 3.05) is 13.2 Å². The van der Waals surface area contributed by atoms with Gasteiger partial charge in [0.25, 0.3) is 0 Å². The fourth-order valence-electron chi connectivity index (χ4n) is 4.91. The lowest BCUT2D eigenvalue weighted by Crippen LogP contribution is -2.51. The van der Waals surface area contributed by atoms with Gasteiger partial charge in [-0.25, -0.2) is 4.79 Å². The number of rotatable bonds is 6. The Morgan fingerprint density at radius 2 is 1.52 bits per heavy atom. The van der Waals surface area contributed by atoms with Gasteiger partial charge < -0.3 is 9.84 Å². The van der Waals surface area contributed by atoms with Gasteiger partial charge in [-0.05, 0) is 48.9 Å². The molecule has 4 rings (SSSR count). The van der Waals surface area contributed by atoms with Crippen LogP contribution in [0.25, 0.3) is 0 Å². The van der Waals surface area contributed by atoms with E-state index in [0.717, 1.165) is 6.54 Å². The van der Waals surface area contributed by atoms with Gasteiger partial charge in [-0.3, -0.25) is 4.90 Å². The van der Waals surface area contributed by atoms with Crippen LogP contribution < -0.4 is 0 Å². The summed E-state index contributed by atoms with van der Waals surface area (Å²) in [6, 6.07) is 16.9. The molecule has 1 N–H and O–H groups in total. The molecule has 0 saturated carbocycles. The van der Waals surface area contributed by atoms with E-state index < -0.39 is 11.6 Å². The van der Waals surface area contributed by atoms with Crippen molar-refractivity contribution in [1.82, 2.24) is 4.90 Å². The first kappa shape index (κ1) is 20.4. The zero-order valence-electron chi connectivity index (χ0n) is 16.6. The molecule has 29 heavy (non-hydrogen) atoms. The Kier molecular flexibility index (Phi) is 6.23. The Hall–Kier alpha value is -1.88. The molecule has 2 aromatic rings. The molecule has 2 fully saturated rings. The van der Waals surface area contributed by atoms with Gasteiger partial charge in [0.2, 0.25) is 5.60 Å². The van der Waals surface area contributed by atoms with Gasteiger partial charge in [0.05, 0.1) is 0 Å². The van der Waals surface area contributed by atoms with E-state index in [0.29, 0.717) is 28.2 Å². The zero-order chi connectivity index (χ0) is 20.3. The summed E-state index contributed by atoms with van der Waals surface area (Å²) in [5.74, 6) is -0.645. The number of hydrogen-bond acceptors (Lipinski definition) is 4. The number of aliphatic hydroxyl groups is 1. The van der Waals surface area contributed by atoms with Crippen molar-refractivity contribution in [3.05, 3.63) is 70.7 Å². The SMILES string of the molecule is O=C(OCCN1C2CCCC1CCC2)C(O)(c1ccccc1)c1ccc(Cl)cc1. The average Bonchev–Trinajstić information content (AvgIpc) is 2.74. The van der Waals surface area contributed by atoms with E-state index in [-0.39, 0.29) is 6.61 Å². The number of ether oxygens (including phenoxy) is 1. The van der Waals surface area contributed by atoms with Gasteiger partial charge in [0.1, 0.15) is 6.61 Å². The Morgan fingerprint density at radius 3 is 2.10 bits per heavy atom. The Labute approximate surface area is 177 Å². The second-order valence-corrected chi connectivity index (χ2v) is 8.56. The average molecular weight is 414 g/mol. The van der Waals surface area contributed by atoms with Crippen molar-refractivity contribution in [2.24, 2.45) is 0 Å². The van der Waals surface area contributed by atoms with Crippen LogP contribution in [0.2, 0.25) is 5.02 Å². The van der Waals surface area contributed by atoms with Gasteiger partial charge in [0.15, 0.2) is 0 Å². The molecular formula is C24H28ClNO3. The van der Waals surface area contributed by atoms with E-state index in [1.165, 1.54) is 38.5 Å². The molecule has 0 amide bonds. The predicted octanol–water partition coefficient (Wildman–Crippen LogP) is 4.53. The highest BCUT2D eigenvalue weighted by Crippen LogP contribution is 2.34. The van der Waals surface area contributed by atoms with Crippen LogP contribution in [0, 0.1) is 0 Å². The van der Waals surface area contributed by atoms with Gasteiger partial charge in [0, 0.05) is 23.7 Å². The molecule has 2 aliphatic rings. The molecule has 154 valence electrons. The molecule has 5 heteroatoms. The first-order valence-electron chi connectivity index (χ1n) is 10.6. The normalized spacial score (nSPS) is 23.9. The number of piperidine rings is 2. The van der Waals surface area contributed by atoms with Crippen molar-refractivity contribution in [3.8, 4) is 0 Å². The molecule has 0 aromatic heterocycles. The molecule has 1 unspecified atom stereocenters. The molecule has 1 atom stereocenters. The fraction of sp³-hybridized carbons (Fsp3) is 0.458. The molecule has 2 saturated heterocycles. The van der Waals surface area contributed by atoms with E-state index in [4.69, 9.17) is 16.3 Å². The molecular weight excluding hydrogens is 386 g/mol. The quantitative estimate of drug-likeness (QED) is 0.707. The third kappa shape index (κ3) is 4.20. The number of carbonyl (C=O) groups is 1. The summed E-state index contributed by atoms with van der Waals surface area (Å²) in [5, 5.41) is 12.0.